The van der Waals surface area contributed by atoms with Crippen LogP contribution < -0.4 is 4.74 Å². The summed E-state index contributed by atoms with van der Waals surface area (Å²) < 4.78 is 18.2. The van der Waals surface area contributed by atoms with Gasteiger partial charge in [0.1, 0.15) is 0 Å². The molecule has 0 heterocycles. The minimum absolute atomic E-state index is 0.295. The van der Waals surface area contributed by atoms with Crippen molar-refractivity contribution in [3.8, 4) is 5.75 Å². The summed E-state index contributed by atoms with van der Waals surface area (Å²) in [7, 11) is 0. The zero-order valence-electron chi connectivity index (χ0n) is 8.01. The van der Waals surface area contributed by atoms with Crippen LogP contribution >= 0.6 is 0 Å². The summed E-state index contributed by atoms with van der Waals surface area (Å²) in [6.45, 7) is 4.78. The van der Waals surface area contributed by atoms with Crippen LogP contribution in [-0.4, -0.2) is 6.61 Å². The Morgan fingerprint density at radius 3 is 2.92 bits per heavy atom. The van der Waals surface area contributed by atoms with Crippen LogP contribution in [0.4, 0.5) is 4.39 Å². The maximum atomic E-state index is 12.9. The maximum absolute atomic E-state index is 12.9. The van der Waals surface area contributed by atoms with Crippen LogP contribution in [0.5, 0.6) is 5.75 Å². The quantitative estimate of drug-likeness (QED) is 0.693. The van der Waals surface area contributed by atoms with Gasteiger partial charge in [-0.3, -0.25) is 0 Å². The summed E-state index contributed by atoms with van der Waals surface area (Å²) in [5, 5.41) is 0. The Morgan fingerprint density at radius 1 is 1.54 bits per heavy atom. The number of halogens is 1. The highest BCUT2D eigenvalue weighted by Crippen LogP contribution is 2.15. The van der Waals surface area contributed by atoms with Crippen LogP contribution in [0, 0.1) is 17.8 Å². The summed E-state index contributed by atoms with van der Waals surface area (Å²) >= 11 is 0. The lowest BCUT2D eigenvalue weighted by Gasteiger charge is -2.07. The van der Waals surface area contributed by atoms with Crippen molar-refractivity contribution in [1.29, 1.82) is 0 Å². The van der Waals surface area contributed by atoms with Gasteiger partial charge in [0, 0.05) is 6.07 Å². The molecule has 0 fully saturated rings. The third-order valence-corrected chi connectivity index (χ3v) is 1.72. The second kappa shape index (κ2) is 4.85. The Balaban J connectivity index is 2.41. The van der Waals surface area contributed by atoms with Crippen molar-refractivity contribution in [2.24, 2.45) is 5.92 Å². The Bertz CT molecular complexity index is 258. The van der Waals surface area contributed by atoms with Crippen molar-refractivity contribution in [3.05, 3.63) is 30.1 Å². The zero-order valence-corrected chi connectivity index (χ0v) is 8.01. The fraction of sp³-hybridized carbons (Fsp3) is 0.455. The highest BCUT2D eigenvalue weighted by Gasteiger charge is 2.01. The van der Waals surface area contributed by atoms with Gasteiger partial charge in [-0.2, -0.15) is 0 Å². The molecule has 1 nitrogen and oxygen atoms in total. The number of hydrogen-bond acceptors (Lipinski definition) is 1. The lowest BCUT2D eigenvalue weighted by Crippen LogP contribution is -2.02. The molecule has 0 N–H and O–H groups in total. The van der Waals surface area contributed by atoms with Crippen molar-refractivity contribution >= 4 is 0 Å². The first-order valence-corrected chi connectivity index (χ1v) is 4.49. The van der Waals surface area contributed by atoms with E-state index in [9.17, 15) is 4.39 Å². The topological polar surface area (TPSA) is 9.23 Å². The van der Waals surface area contributed by atoms with Gasteiger partial charge < -0.3 is 4.74 Å². The molecular weight excluding hydrogens is 167 g/mol. The smallest absolute Gasteiger partial charge is 0.172 e. The van der Waals surface area contributed by atoms with Gasteiger partial charge in [-0.05, 0) is 18.4 Å². The summed E-state index contributed by atoms with van der Waals surface area (Å²) in [4.78, 5) is 0. The Morgan fingerprint density at radius 2 is 2.31 bits per heavy atom. The second-order valence-electron chi connectivity index (χ2n) is 3.38. The first-order valence-electron chi connectivity index (χ1n) is 4.49. The summed E-state index contributed by atoms with van der Waals surface area (Å²) in [5.74, 6) is 0.463. The molecule has 1 aromatic carbocycles. The monoisotopic (exact) mass is 181 g/mol. The number of benzene rings is 1. The Hall–Kier alpha value is -1.05. The largest absolute Gasteiger partial charge is 0.490 e. The highest BCUT2D eigenvalue weighted by molar-refractivity contribution is 5.22. The summed E-state index contributed by atoms with van der Waals surface area (Å²) in [6, 6.07) is 7.31. The lowest BCUT2D eigenvalue weighted by molar-refractivity contribution is 0.276. The molecule has 0 amide bonds. The van der Waals surface area contributed by atoms with Crippen LogP contribution in [0.3, 0.4) is 0 Å². The van der Waals surface area contributed by atoms with E-state index in [1.807, 2.05) is 0 Å². The molecule has 0 saturated carbocycles. The molecule has 0 unspecified atom stereocenters. The molecule has 2 heteroatoms. The number of rotatable bonds is 4. The SMILES string of the molecule is CC(C)CCOc1ccc[c]c1F. The zero-order chi connectivity index (χ0) is 9.68. The van der Waals surface area contributed by atoms with Gasteiger partial charge in [0.05, 0.1) is 6.61 Å². The molecule has 0 atom stereocenters. The van der Waals surface area contributed by atoms with Gasteiger partial charge >= 0.3 is 0 Å². The molecule has 0 aromatic heterocycles. The average Bonchev–Trinajstić information content (AvgIpc) is 2.08. The molecule has 0 spiro atoms. The van der Waals surface area contributed by atoms with Crippen LogP contribution in [0.1, 0.15) is 20.3 Å². The molecule has 0 saturated heterocycles. The molecule has 0 bridgehead atoms. The third-order valence-electron chi connectivity index (χ3n) is 1.72. The van der Waals surface area contributed by atoms with E-state index >= 15 is 0 Å². The molecule has 1 radical (unpaired) electrons. The van der Waals surface area contributed by atoms with E-state index in [2.05, 4.69) is 19.9 Å². The second-order valence-corrected chi connectivity index (χ2v) is 3.38. The average molecular weight is 181 g/mol. The molecule has 1 rings (SSSR count). The molecule has 1 aromatic rings. The predicted molar refractivity (Wildman–Crippen MR) is 50.2 cm³/mol. The Kier molecular flexibility index (Phi) is 3.74. The van der Waals surface area contributed by atoms with Crippen LogP contribution in [-0.2, 0) is 0 Å². The van der Waals surface area contributed by atoms with Crippen molar-refractivity contribution in [3.63, 3.8) is 0 Å². The summed E-state index contributed by atoms with van der Waals surface area (Å²) in [5.41, 5.74) is 0. The Labute approximate surface area is 78.5 Å². The normalized spacial score (nSPS) is 10.5. The number of ether oxygens (including phenoxy) is 1. The van der Waals surface area contributed by atoms with E-state index in [1.165, 1.54) is 6.07 Å². The van der Waals surface area contributed by atoms with Gasteiger partial charge in [0.25, 0.3) is 0 Å². The van der Waals surface area contributed by atoms with E-state index in [4.69, 9.17) is 4.74 Å². The highest BCUT2D eigenvalue weighted by atomic mass is 19.1. The minimum atomic E-state index is -0.411. The molecular formula is C11H14FO. The fourth-order valence-electron chi connectivity index (χ4n) is 0.917. The maximum Gasteiger partial charge on any atom is 0.172 e. The predicted octanol–water partition coefficient (Wildman–Crippen LogP) is 3.05. The van der Waals surface area contributed by atoms with Gasteiger partial charge in [-0.1, -0.05) is 26.0 Å². The van der Waals surface area contributed by atoms with Crippen LogP contribution in [0.15, 0.2) is 18.2 Å². The van der Waals surface area contributed by atoms with E-state index in [0.717, 1.165) is 6.42 Å². The van der Waals surface area contributed by atoms with E-state index < -0.39 is 5.82 Å². The van der Waals surface area contributed by atoms with Crippen molar-refractivity contribution < 1.29 is 9.13 Å². The van der Waals surface area contributed by atoms with Gasteiger partial charge in [0.15, 0.2) is 11.6 Å². The van der Waals surface area contributed by atoms with Crippen LogP contribution in [0.2, 0.25) is 0 Å². The minimum Gasteiger partial charge on any atom is -0.490 e. The fourth-order valence-corrected chi connectivity index (χ4v) is 0.917. The van der Waals surface area contributed by atoms with Crippen molar-refractivity contribution in [2.45, 2.75) is 20.3 Å². The van der Waals surface area contributed by atoms with E-state index in [-0.39, 0.29) is 0 Å². The van der Waals surface area contributed by atoms with Crippen molar-refractivity contribution in [2.75, 3.05) is 6.61 Å². The van der Waals surface area contributed by atoms with E-state index in [1.54, 1.807) is 12.1 Å². The first-order chi connectivity index (χ1) is 6.20. The molecule has 0 aliphatic carbocycles. The molecule has 0 aliphatic heterocycles. The number of hydrogen-bond donors (Lipinski definition) is 0. The van der Waals surface area contributed by atoms with Crippen LogP contribution in [0.25, 0.3) is 0 Å². The van der Waals surface area contributed by atoms with Crippen molar-refractivity contribution in [1.82, 2.24) is 0 Å². The molecule has 71 valence electrons. The van der Waals surface area contributed by atoms with E-state index in [0.29, 0.717) is 18.3 Å². The van der Waals surface area contributed by atoms with Gasteiger partial charge in [-0.15, -0.1) is 0 Å². The molecule has 0 aliphatic rings. The van der Waals surface area contributed by atoms with Gasteiger partial charge in [-0.25, -0.2) is 4.39 Å². The lowest BCUT2D eigenvalue weighted by atomic mass is 10.1. The molecule has 13 heavy (non-hydrogen) atoms. The van der Waals surface area contributed by atoms with Gasteiger partial charge in [0.2, 0.25) is 0 Å². The standard InChI is InChI=1S/C11H14FO/c1-9(2)7-8-13-11-6-4-3-5-10(11)12/h3-4,6,9H,7-8H2,1-2H3. The third kappa shape index (κ3) is 3.45. The summed E-state index contributed by atoms with van der Waals surface area (Å²) in [6.07, 6.45) is 0.939. The first kappa shape index (κ1) is 10.0.